The Morgan fingerprint density at radius 1 is 1.26 bits per heavy atom. The molecule has 2 N–H and O–H groups in total. The van der Waals surface area contributed by atoms with Gasteiger partial charge in [-0.05, 0) is 14.1 Å². The normalized spacial score (nSPS) is 16.7. The third kappa shape index (κ3) is 6.37. The number of rotatable bonds is 6. The minimum absolute atomic E-state index is 0.381. The molecule has 19 heavy (non-hydrogen) atoms. The molecule has 1 heterocycles. The lowest BCUT2D eigenvalue weighted by Gasteiger charge is -2.34. The molecule has 1 aliphatic heterocycles. The van der Waals surface area contributed by atoms with E-state index in [1.54, 1.807) is 4.90 Å². The Bertz CT molecular complexity index is 303. The summed E-state index contributed by atoms with van der Waals surface area (Å²) in [7, 11) is 4.06. The van der Waals surface area contributed by atoms with Crippen LogP contribution in [-0.4, -0.2) is 91.8 Å². The first-order valence-corrected chi connectivity index (χ1v) is 6.24. The molecule has 1 rings (SSSR count). The number of hydroxylamine groups is 1. The highest BCUT2D eigenvalue weighted by Crippen LogP contribution is 2.01. The van der Waals surface area contributed by atoms with Crippen molar-refractivity contribution in [3.05, 3.63) is 0 Å². The smallest absolute Gasteiger partial charge is 0.341 e. The molecule has 8 heteroatoms. The lowest BCUT2D eigenvalue weighted by Crippen LogP contribution is -2.52. The van der Waals surface area contributed by atoms with Gasteiger partial charge in [-0.1, -0.05) is 0 Å². The number of likely N-dealkylation sites (N-methyl/N-ethyl adjacent to an activating group) is 1. The van der Waals surface area contributed by atoms with E-state index in [2.05, 4.69) is 20.1 Å². The van der Waals surface area contributed by atoms with E-state index in [0.29, 0.717) is 13.1 Å². The van der Waals surface area contributed by atoms with Crippen LogP contribution in [0.2, 0.25) is 0 Å². The predicted molar refractivity (Wildman–Crippen MR) is 68.7 cm³/mol. The van der Waals surface area contributed by atoms with Gasteiger partial charge in [0.15, 0.2) is 6.61 Å². The van der Waals surface area contributed by atoms with E-state index < -0.39 is 12.6 Å². The molecule has 0 radical (unpaired) electrons. The Morgan fingerprint density at radius 3 is 2.42 bits per heavy atom. The van der Waals surface area contributed by atoms with Crippen molar-refractivity contribution in [2.45, 2.75) is 0 Å². The van der Waals surface area contributed by atoms with E-state index in [0.717, 1.165) is 26.2 Å². The fourth-order valence-electron chi connectivity index (χ4n) is 1.74. The number of carboxylic acid groups (broad SMARTS) is 1. The Kier molecular flexibility index (Phi) is 6.54. The van der Waals surface area contributed by atoms with E-state index in [1.807, 2.05) is 14.1 Å². The Hall–Kier alpha value is -1.38. The molecule has 0 aromatic heterocycles. The topological polar surface area (TPSA) is 85.4 Å². The molecule has 1 fully saturated rings. The van der Waals surface area contributed by atoms with E-state index in [-0.39, 0.29) is 6.03 Å². The largest absolute Gasteiger partial charge is 0.479 e. The van der Waals surface area contributed by atoms with Crippen molar-refractivity contribution < 1.29 is 19.5 Å². The number of nitrogens with zero attached hydrogens (tertiary/aromatic N) is 3. The molecule has 0 aromatic rings. The zero-order chi connectivity index (χ0) is 14.3. The number of hydrogen-bond acceptors (Lipinski definition) is 5. The summed E-state index contributed by atoms with van der Waals surface area (Å²) in [5, 5.41) is 8.37. The van der Waals surface area contributed by atoms with Crippen molar-refractivity contribution in [2.24, 2.45) is 0 Å². The SMILES string of the molecule is CN(C)CCN1CCN(C(=O)NOCC(=O)O)CC1. The van der Waals surface area contributed by atoms with Crippen LogP contribution in [0.15, 0.2) is 0 Å². The van der Waals surface area contributed by atoms with Gasteiger partial charge in [0.2, 0.25) is 0 Å². The number of carbonyl (C=O) groups is 2. The molecular formula is C11H22N4O4. The highest BCUT2D eigenvalue weighted by molar-refractivity contribution is 5.73. The summed E-state index contributed by atoms with van der Waals surface area (Å²) in [6, 6.07) is -0.381. The average molecular weight is 274 g/mol. The van der Waals surface area contributed by atoms with Crippen LogP contribution < -0.4 is 5.48 Å². The maximum absolute atomic E-state index is 11.6. The van der Waals surface area contributed by atoms with E-state index in [9.17, 15) is 9.59 Å². The number of urea groups is 1. The zero-order valence-electron chi connectivity index (χ0n) is 11.5. The van der Waals surface area contributed by atoms with Crippen LogP contribution in [-0.2, 0) is 9.63 Å². The average Bonchev–Trinajstić information content (AvgIpc) is 2.36. The lowest BCUT2D eigenvalue weighted by molar-refractivity contribution is -0.144. The molecule has 0 spiro atoms. The molecule has 0 aliphatic carbocycles. The molecule has 1 aliphatic rings. The highest BCUT2D eigenvalue weighted by Gasteiger charge is 2.21. The van der Waals surface area contributed by atoms with Crippen LogP contribution in [0, 0.1) is 0 Å². The minimum Gasteiger partial charge on any atom is -0.479 e. The molecule has 110 valence electrons. The summed E-state index contributed by atoms with van der Waals surface area (Å²) < 4.78 is 0. The van der Waals surface area contributed by atoms with Crippen LogP contribution in [0.5, 0.6) is 0 Å². The van der Waals surface area contributed by atoms with Crippen molar-refractivity contribution in [3.8, 4) is 0 Å². The lowest BCUT2D eigenvalue weighted by atomic mass is 10.3. The minimum atomic E-state index is -1.12. The summed E-state index contributed by atoms with van der Waals surface area (Å²) in [6.45, 7) is 4.33. The van der Waals surface area contributed by atoms with Gasteiger partial charge < -0.3 is 14.9 Å². The summed E-state index contributed by atoms with van der Waals surface area (Å²) in [5.74, 6) is -1.12. The highest BCUT2D eigenvalue weighted by atomic mass is 16.7. The molecule has 8 nitrogen and oxygen atoms in total. The number of piperazine rings is 1. The molecule has 0 saturated carbocycles. The zero-order valence-corrected chi connectivity index (χ0v) is 11.5. The molecule has 0 unspecified atom stereocenters. The van der Waals surface area contributed by atoms with Gasteiger partial charge in [0, 0.05) is 39.3 Å². The molecule has 0 bridgehead atoms. The van der Waals surface area contributed by atoms with Crippen LogP contribution in [0.25, 0.3) is 0 Å². The summed E-state index contributed by atoms with van der Waals surface area (Å²) in [6.07, 6.45) is 0. The second-order valence-corrected chi connectivity index (χ2v) is 4.72. The van der Waals surface area contributed by atoms with Gasteiger partial charge in [-0.25, -0.2) is 15.1 Å². The van der Waals surface area contributed by atoms with Crippen LogP contribution >= 0.6 is 0 Å². The maximum atomic E-state index is 11.6. The van der Waals surface area contributed by atoms with Crippen molar-refractivity contribution in [3.63, 3.8) is 0 Å². The van der Waals surface area contributed by atoms with Crippen LogP contribution in [0.3, 0.4) is 0 Å². The van der Waals surface area contributed by atoms with Gasteiger partial charge in [-0.15, -0.1) is 0 Å². The standard InChI is InChI=1S/C11H22N4O4/c1-13(2)3-4-14-5-7-15(8-6-14)11(18)12-19-9-10(16)17/h3-9H2,1-2H3,(H,12,18)(H,16,17). The third-order valence-corrected chi connectivity index (χ3v) is 2.88. The Balaban J connectivity index is 2.18. The number of carboxylic acids is 1. The quantitative estimate of drug-likeness (QED) is 0.598. The van der Waals surface area contributed by atoms with Gasteiger partial charge in [-0.2, -0.15) is 0 Å². The van der Waals surface area contributed by atoms with E-state index in [4.69, 9.17) is 5.11 Å². The van der Waals surface area contributed by atoms with Gasteiger partial charge in [-0.3, -0.25) is 9.74 Å². The van der Waals surface area contributed by atoms with Crippen LogP contribution in [0.1, 0.15) is 0 Å². The second kappa shape index (κ2) is 7.93. The molecule has 2 amide bonds. The number of carbonyl (C=O) groups excluding carboxylic acids is 1. The Labute approximate surface area is 112 Å². The second-order valence-electron chi connectivity index (χ2n) is 4.72. The third-order valence-electron chi connectivity index (χ3n) is 2.88. The van der Waals surface area contributed by atoms with Gasteiger partial charge in [0.25, 0.3) is 0 Å². The van der Waals surface area contributed by atoms with Gasteiger partial charge >= 0.3 is 12.0 Å². The summed E-state index contributed by atoms with van der Waals surface area (Å²) in [5.41, 5.74) is 2.13. The molecule has 0 atom stereocenters. The number of nitrogens with one attached hydrogen (secondary N) is 1. The number of amides is 2. The number of aliphatic carboxylic acids is 1. The van der Waals surface area contributed by atoms with E-state index >= 15 is 0 Å². The fraction of sp³-hybridized carbons (Fsp3) is 0.818. The number of hydrogen-bond donors (Lipinski definition) is 2. The predicted octanol–water partition coefficient (Wildman–Crippen LogP) is -1.11. The van der Waals surface area contributed by atoms with Crippen molar-refractivity contribution in [1.82, 2.24) is 20.2 Å². The van der Waals surface area contributed by atoms with Gasteiger partial charge in [0.05, 0.1) is 0 Å². The first-order chi connectivity index (χ1) is 8.99. The summed E-state index contributed by atoms with van der Waals surface area (Å²) >= 11 is 0. The monoisotopic (exact) mass is 274 g/mol. The van der Waals surface area contributed by atoms with Gasteiger partial charge in [0.1, 0.15) is 0 Å². The summed E-state index contributed by atoms with van der Waals surface area (Å²) in [4.78, 5) is 32.4. The van der Waals surface area contributed by atoms with E-state index in [1.165, 1.54) is 0 Å². The first-order valence-electron chi connectivity index (χ1n) is 6.24. The van der Waals surface area contributed by atoms with Crippen LogP contribution in [0.4, 0.5) is 4.79 Å². The maximum Gasteiger partial charge on any atom is 0.341 e. The molecule has 1 saturated heterocycles. The van der Waals surface area contributed by atoms with Crippen molar-refractivity contribution in [1.29, 1.82) is 0 Å². The Morgan fingerprint density at radius 2 is 1.89 bits per heavy atom. The van der Waals surface area contributed by atoms with Crippen molar-refractivity contribution in [2.75, 3.05) is 60.0 Å². The molecular weight excluding hydrogens is 252 g/mol. The first kappa shape index (κ1) is 15.7. The van der Waals surface area contributed by atoms with Crippen molar-refractivity contribution >= 4 is 12.0 Å². The molecule has 0 aromatic carbocycles. The fourth-order valence-corrected chi connectivity index (χ4v) is 1.74.